The summed E-state index contributed by atoms with van der Waals surface area (Å²) < 4.78 is 21.1. The summed E-state index contributed by atoms with van der Waals surface area (Å²) in [5, 5.41) is 5.81. The van der Waals surface area contributed by atoms with E-state index in [1.165, 1.54) is 12.1 Å². The molecule has 1 aromatic carbocycles. The molecule has 25 heavy (non-hydrogen) atoms. The number of nitrogens with zero attached hydrogens (tertiary/aromatic N) is 2. The van der Waals surface area contributed by atoms with Crippen molar-refractivity contribution in [3.63, 3.8) is 0 Å². The van der Waals surface area contributed by atoms with Crippen LogP contribution in [-0.2, 0) is 11.8 Å². The van der Waals surface area contributed by atoms with E-state index in [1.54, 1.807) is 29.1 Å². The Kier molecular flexibility index (Phi) is 5.33. The molecule has 0 bridgehead atoms. The highest BCUT2D eigenvalue weighted by atomic mass is 19.1. The Morgan fingerprint density at radius 1 is 1.44 bits per heavy atom. The number of hydrogen-bond donors (Lipinski definition) is 2. The molecule has 0 saturated carbocycles. The van der Waals surface area contributed by atoms with Crippen LogP contribution in [0, 0.1) is 5.82 Å². The van der Waals surface area contributed by atoms with Gasteiger partial charge in [-0.2, -0.15) is 0 Å². The summed E-state index contributed by atoms with van der Waals surface area (Å²) in [4.78, 5) is 16.8. The molecule has 0 radical (unpaired) electrons. The van der Waals surface area contributed by atoms with Crippen molar-refractivity contribution in [3.8, 4) is 0 Å². The van der Waals surface area contributed by atoms with Crippen molar-refractivity contribution < 1.29 is 13.9 Å². The molecule has 0 spiro atoms. The first-order chi connectivity index (χ1) is 12.0. The lowest BCUT2D eigenvalue weighted by Gasteiger charge is -2.23. The Morgan fingerprint density at radius 2 is 2.28 bits per heavy atom. The van der Waals surface area contributed by atoms with E-state index in [0.29, 0.717) is 11.4 Å². The van der Waals surface area contributed by atoms with Crippen LogP contribution in [0.25, 0.3) is 0 Å². The number of carbonyl (C=O) groups excluding carboxylic acids is 1. The van der Waals surface area contributed by atoms with Crippen molar-refractivity contribution in [3.05, 3.63) is 53.9 Å². The number of imidazole rings is 1. The van der Waals surface area contributed by atoms with E-state index in [-0.39, 0.29) is 24.0 Å². The second kappa shape index (κ2) is 7.65. The third-order valence-electron chi connectivity index (χ3n) is 4.46. The van der Waals surface area contributed by atoms with E-state index >= 15 is 0 Å². The highest BCUT2D eigenvalue weighted by Gasteiger charge is 2.26. The maximum Gasteiger partial charge on any atom is 0.315 e. The second-order valence-electron chi connectivity index (χ2n) is 6.34. The third-order valence-corrected chi connectivity index (χ3v) is 4.46. The first-order valence-electron chi connectivity index (χ1n) is 8.46. The van der Waals surface area contributed by atoms with Gasteiger partial charge in [-0.1, -0.05) is 12.1 Å². The number of benzene rings is 1. The van der Waals surface area contributed by atoms with Gasteiger partial charge < -0.3 is 19.9 Å². The van der Waals surface area contributed by atoms with Gasteiger partial charge in [-0.05, 0) is 37.5 Å². The smallest absolute Gasteiger partial charge is 0.315 e. The van der Waals surface area contributed by atoms with Gasteiger partial charge >= 0.3 is 6.03 Å². The molecule has 134 valence electrons. The lowest BCUT2D eigenvalue weighted by atomic mass is 10.1. The van der Waals surface area contributed by atoms with Crippen LogP contribution >= 0.6 is 0 Å². The molecule has 1 saturated heterocycles. The largest absolute Gasteiger partial charge is 0.376 e. The fraction of sp³-hybridized carbons (Fsp3) is 0.444. The molecular weight excluding hydrogens is 323 g/mol. The highest BCUT2D eigenvalue weighted by molar-refractivity contribution is 5.75. The predicted molar refractivity (Wildman–Crippen MR) is 91.6 cm³/mol. The maximum absolute atomic E-state index is 13.6. The summed E-state index contributed by atoms with van der Waals surface area (Å²) in [5.41, 5.74) is 0.634. The maximum atomic E-state index is 13.6. The minimum absolute atomic E-state index is 0.0338. The fourth-order valence-corrected chi connectivity index (χ4v) is 3.11. The van der Waals surface area contributed by atoms with Crippen molar-refractivity contribution in [2.45, 2.75) is 38.0 Å². The molecule has 0 aliphatic carbocycles. The molecule has 0 unspecified atom stereocenters. The highest BCUT2D eigenvalue weighted by Crippen LogP contribution is 2.21. The molecule has 3 atom stereocenters. The van der Waals surface area contributed by atoms with E-state index in [4.69, 9.17) is 4.74 Å². The summed E-state index contributed by atoms with van der Waals surface area (Å²) in [5.74, 6) is 0.275. The molecule has 1 aromatic heterocycles. The molecule has 3 rings (SSSR count). The monoisotopic (exact) mass is 346 g/mol. The van der Waals surface area contributed by atoms with Gasteiger partial charge in [0.05, 0.1) is 12.1 Å². The van der Waals surface area contributed by atoms with Crippen LogP contribution in [0.3, 0.4) is 0 Å². The Morgan fingerprint density at radius 3 is 2.92 bits per heavy atom. The molecule has 2 amide bonds. The molecule has 1 aliphatic heterocycles. The summed E-state index contributed by atoms with van der Waals surface area (Å²) in [7, 11) is 1.84. The summed E-state index contributed by atoms with van der Waals surface area (Å²) >= 11 is 0. The van der Waals surface area contributed by atoms with Gasteiger partial charge in [-0.3, -0.25) is 0 Å². The fourth-order valence-electron chi connectivity index (χ4n) is 3.11. The number of rotatable bonds is 5. The number of amides is 2. The molecular formula is C18H23FN4O2. The standard InChI is InChI=1S/C18H23FN4O2/c1-12(15-7-4-10-25-15)21-18(24)22-16(17-20-8-9-23(17)2)13-5-3-6-14(19)11-13/h3,5-6,8-9,11-12,15-16H,4,7,10H2,1-2H3,(H2,21,22,24)/t12-,15+,16+/m0/s1. The Bertz CT molecular complexity index is 727. The number of hydrogen-bond acceptors (Lipinski definition) is 3. The summed E-state index contributed by atoms with van der Waals surface area (Å²) in [6, 6.07) is 5.19. The summed E-state index contributed by atoms with van der Waals surface area (Å²) in [6.45, 7) is 2.66. The number of nitrogens with one attached hydrogen (secondary N) is 2. The van der Waals surface area contributed by atoms with Gasteiger partial charge in [-0.25, -0.2) is 14.2 Å². The number of aromatic nitrogens is 2. The van der Waals surface area contributed by atoms with E-state index < -0.39 is 6.04 Å². The normalized spacial score (nSPS) is 19.4. The van der Waals surface area contributed by atoms with Gasteiger partial charge in [0.1, 0.15) is 17.7 Å². The zero-order valence-corrected chi connectivity index (χ0v) is 14.4. The zero-order chi connectivity index (χ0) is 17.8. The Balaban J connectivity index is 1.75. The average Bonchev–Trinajstić information content (AvgIpc) is 3.24. The number of urea groups is 1. The minimum atomic E-state index is -0.549. The lowest BCUT2D eigenvalue weighted by molar-refractivity contribution is 0.0859. The van der Waals surface area contributed by atoms with Crippen LogP contribution in [0.15, 0.2) is 36.7 Å². The van der Waals surface area contributed by atoms with E-state index in [1.807, 2.05) is 14.0 Å². The van der Waals surface area contributed by atoms with Crippen LogP contribution in [0.2, 0.25) is 0 Å². The van der Waals surface area contributed by atoms with Crippen molar-refractivity contribution >= 4 is 6.03 Å². The molecule has 1 fully saturated rings. The van der Waals surface area contributed by atoms with Crippen LogP contribution in [0.4, 0.5) is 9.18 Å². The van der Waals surface area contributed by atoms with Gasteiger partial charge in [0.15, 0.2) is 0 Å². The minimum Gasteiger partial charge on any atom is -0.376 e. The van der Waals surface area contributed by atoms with Crippen molar-refractivity contribution in [2.24, 2.45) is 7.05 Å². The van der Waals surface area contributed by atoms with E-state index in [2.05, 4.69) is 15.6 Å². The SMILES string of the molecule is C[C@H](NC(=O)N[C@H](c1cccc(F)c1)c1nccn1C)[C@H]1CCCO1. The molecule has 7 heteroatoms. The Labute approximate surface area is 146 Å². The number of ether oxygens (including phenoxy) is 1. The number of aryl methyl sites for hydroxylation is 1. The lowest BCUT2D eigenvalue weighted by Crippen LogP contribution is -2.47. The molecule has 2 N–H and O–H groups in total. The number of halogens is 1. The van der Waals surface area contributed by atoms with Crippen molar-refractivity contribution in [2.75, 3.05) is 6.61 Å². The van der Waals surface area contributed by atoms with Gasteiger partial charge in [-0.15, -0.1) is 0 Å². The number of carbonyl (C=O) groups is 1. The van der Waals surface area contributed by atoms with Gasteiger partial charge in [0, 0.05) is 26.0 Å². The van der Waals surface area contributed by atoms with Crippen LogP contribution in [0.1, 0.15) is 37.2 Å². The first kappa shape index (κ1) is 17.4. The zero-order valence-electron chi connectivity index (χ0n) is 14.4. The second-order valence-corrected chi connectivity index (χ2v) is 6.34. The van der Waals surface area contributed by atoms with Crippen molar-refractivity contribution in [1.82, 2.24) is 20.2 Å². The topological polar surface area (TPSA) is 68.2 Å². The molecule has 2 heterocycles. The van der Waals surface area contributed by atoms with Crippen LogP contribution < -0.4 is 10.6 Å². The average molecular weight is 346 g/mol. The van der Waals surface area contributed by atoms with Gasteiger partial charge in [0.2, 0.25) is 0 Å². The molecule has 6 nitrogen and oxygen atoms in total. The van der Waals surface area contributed by atoms with Gasteiger partial charge in [0.25, 0.3) is 0 Å². The van der Waals surface area contributed by atoms with E-state index in [0.717, 1.165) is 19.4 Å². The molecule has 2 aromatic rings. The summed E-state index contributed by atoms with van der Waals surface area (Å²) in [6.07, 6.45) is 5.42. The van der Waals surface area contributed by atoms with E-state index in [9.17, 15) is 9.18 Å². The predicted octanol–water partition coefficient (Wildman–Crippen LogP) is 2.52. The Hall–Kier alpha value is -2.41. The first-order valence-corrected chi connectivity index (χ1v) is 8.46. The quantitative estimate of drug-likeness (QED) is 0.874. The molecule has 1 aliphatic rings. The van der Waals surface area contributed by atoms with Crippen LogP contribution in [0.5, 0.6) is 0 Å². The van der Waals surface area contributed by atoms with Crippen LogP contribution in [-0.4, -0.2) is 34.3 Å². The van der Waals surface area contributed by atoms with Crippen molar-refractivity contribution in [1.29, 1.82) is 0 Å². The third kappa shape index (κ3) is 4.17.